The summed E-state index contributed by atoms with van der Waals surface area (Å²) in [6.45, 7) is 1.53. The van der Waals surface area contributed by atoms with Crippen LogP contribution >= 0.6 is 0 Å². The highest BCUT2D eigenvalue weighted by Gasteiger charge is 2.07. The van der Waals surface area contributed by atoms with Gasteiger partial charge in [0.05, 0.1) is 23.3 Å². The van der Waals surface area contributed by atoms with E-state index < -0.39 is 0 Å². The van der Waals surface area contributed by atoms with Crippen LogP contribution in [0.25, 0.3) is 11.0 Å². The summed E-state index contributed by atoms with van der Waals surface area (Å²) in [6.07, 6.45) is 1.81. The molecule has 0 aliphatic rings. The number of nitrogens with one attached hydrogen (secondary N) is 1. The molecule has 2 heterocycles. The van der Waals surface area contributed by atoms with E-state index in [0.717, 1.165) is 41.3 Å². The zero-order valence-corrected chi connectivity index (χ0v) is 11.4. The number of fused-ring (bicyclic) bond motifs is 1. The van der Waals surface area contributed by atoms with Crippen LogP contribution in [0, 0.1) is 0 Å². The van der Waals surface area contributed by atoms with Gasteiger partial charge in [0.25, 0.3) is 0 Å². The van der Waals surface area contributed by atoms with Crippen molar-refractivity contribution in [3.05, 3.63) is 54.1 Å². The summed E-state index contributed by atoms with van der Waals surface area (Å²) in [6, 6.07) is 11.7. The molecule has 0 spiro atoms. The second-order valence-electron chi connectivity index (χ2n) is 4.95. The van der Waals surface area contributed by atoms with Gasteiger partial charge in [-0.3, -0.25) is 9.88 Å². The molecular formula is C15H17N5. The Bertz CT molecular complexity index is 705. The quantitative estimate of drug-likeness (QED) is 0.711. The first-order valence-corrected chi connectivity index (χ1v) is 6.53. The molecule has 5 heteroatoms. The molecular weight excluding hydrogens is 250 g/mol. The highest BCUT2D eigenvalue weighted by molar-refractivity contribution is 5.78. The second kappa shape index (κ2) is 5.30. The minimum absolute atomic E-state index is 0.741. The first-order valence-electron chi connectivity index (χ1n) is 6.53. The first-order chi connectivity index (χ1) is 9.70. The van der Waals surface area contributed by atoms with Crippen molar-refractivity contribution in [2.24, 2.45) is 0 Å². The van der Waals surface area contributed by atoms with Crippen molar-refractivity contribution in [3.8, 4) is 0 Å². The van der Waals surface area contributed by atoms with Crippen LogP contribution < -0.4 is 5.73 Å². The van der Waals surface area contributed by atoms with E-state index in [2.05, 4.69) is 26.9 Å². The van der Waals surface area contributed by atoms with Crippen LogP contribution in [-0.2, 0) is 13.1 Å². The van der Waals surface area contributed by atoms with Crippen molar-refractivity contribution in [2.45, 2.75) is 13.1 Å². The maximum absolute atomic E-state index is 5.77. The Hall–Kier alpha value is -2.40. The maximum Gasteiger partial charge on any atom is 0.121 e. The lowest BCUT2D eigenvalue weighted by Crippen LogP contribution is -2.18. The van der Waals surface area contributed by atoms with Crippen LogP contribution in [0.1, 0.15) is 11.5 Å². The van der Waals surface area contributed by atoms with E-state index in [-0.39, 0.29) is 0 Å². The number of rotatable bonds is 4. The van der Waals surface area contributed by atoms with Crippen LogP contribution in [0.3, 0.4) is 0 Å². The van der Waals surface area contributed by atoms with E-state index in [9.17, 15) is 0 Å². The van der Waals surface area contributed by atoms with Crippen molar-refractivity contribution in [1.29, 1.82) is 0 Å². The van der Waals surface area contributed by atoms with Gasteiger partial charge in [0.1, 0.15) is 5.82 Å². The molecule has 2 aromatic heterocycles. The summed E-state index contributed by atoms with van der Waals surface area (Å²) in [5.74, 6) is 0.934. The number of nitrogens with two attached hydrogens (primary N) is 1. The van der Waals surface area contributed by atoms with Gasteiger partial charge in [-0.15, -0.1) is 0 Å². The molecule has 1 aromatic carbocycles. The van der Waals surface area contributed by atoms with Gasteiger partial charge < -0.3 is 10.7 Å². The van der Waals surface area contributed by atoms with Crippen LogP contribution in [0.2, 0.25) is 0 Å². The van der Waals surface area contributed by atoms with Gasteiger partial charge in [0, 0.05) is 18.4 Å². The molecule has 5 nitrogen and oxygen atoms in total. The molecule has 20 heavy (non-hydrogen) atoms. The number of nitrogens with zero attached hydrogens (tertiary/aromatic N) is 3. The van der Waals surface area contributed by atoms with E-state index in [4.69, 9.17) is 5.73 Å². The SMILES string of the molecule is CN(Cc1ccccn1)Cc1nc2ccc(N)cc2[nH]1. The summed E-state index contributed by atoms with van der Waals surface area (Å²) >= 11 is 0. The third-order valence-electron chi connectivity index (χ3n) is 3.13. The second-order valence-corrected chi connectivity index (χ2v) is 4.95. The van der Waals surface area contributed by atoms with E-state index in [0.29, 0.717) is 0 Å². The average Bonchev–Trinajstić information content (AvgIpc) is 2.80. The number of nitrogen functional groups attached to an aromatic ring is 1. The Morgan fingerprint density at radius 3 is 2.90 bits per heavy atom. The topological polar surface area (TPSA) is 70.8 Å². The minimum atomic E-state index is 0.741. The Labute approximate surface area is 117 Å². The zero-order chi connectivity index (χ0) is 13.9. The van der Waals surface area contributed by atoms with Crippen LogP contribution in [-0.4, -0.2) is 26.9 Å². The average molecular weight is 267 g/mol. The Morgan fingerprint density at radius 2 is 2.10 bits per heavy atom. The maximum atomic E-state index is 5.77. The fourth-order valence-electron chi connectivity index (χ4n) is 2.23. The van der Waals surface area contributed by atoms with E-state index in [1.54, 1.807) is 0 Å². The van der Waals surface area contributed by atoms with Gasteiger partial charge in [-0.2, -0.15) is 0 Å². The number of imidazole rings is 1. The number of hydrogen-bond donors (Lipinski definition) is 2. The molecule has 3 rings (SSSR count). The standard InChI is InChI=1S/C15H17N5/c1-20(9-12-4-2-3-7-17-12)10-15-18-13-6-5-11(16)8-14(13)19-15/h2-8H,9-10,16H2,1H3,(H,18,19). The van der Waals surface area contributed by atoms with E-state index in [1.807, 2.05) is 42.6 Å². The number of pyridine rings is 1. The van der Waals surface area contributed by atoms with E-state index in [1.165, 1.54) is 0 Å². The van der Waals surface area contributed by atoms with Crippen LogP contribution in [0.4, 0.5) is 5.69 Å². The predicted octanol–water partition coefficient (Wildman–Crippen LogP) is 2.17. The fraction of sp³-hybridized carbons (Fsp3) is 0.200. The van der Waals surface area contributed by atoms with Gasteiger partial charge in [-0.05, 0) is 37.4 Å². The number of hydrogen-bond acceptors (Lipinski definition) is 4. The summed E-state index contributed by atoms with van der Waals surface area (Å²) in [7, 11) is 2.05. The summed E-state index contributed by atoms with van der Waals surface area (Å²) in [5, 5.41) is 0. The molecule has 0 unspecified atom stereocenters. The first kappa shape index (κ1) is 12.6. The minimum Gasteiger partial charge on any atom is -0.399 e. The lowest BCUT2D eigenvalue weighted by Gasteiger charge is -2.14. The molecule has 3 aromatic rings. The highest BCUT2D eigenvalue weighted by Crippen LogP contribution is 2.15. The van der Waals surface area contributed by atoms with Crippen molar-refractivity contribution in [2.75, 3.05) is 12.8 Å². The number of anilines is 1. The number of H-pyrrole nitrogens is 1. The van der Waals surface area contributed by atoms with Gasteiger partial charge in [-0.1, -0.05) is 6.07 Å². The molecule has 0 aliphatic carbocycles. The highest BCUT2D eigenvalue weighted by atomic mass is 15.1. The molecule has 0 saturated carbocycles. The Balaban J connectivity index is 1.72. The van der Waals surface area contributed by atoms with Crippen molar-refractivity contribution in [1.82, 2.24) is 19.9 Å². The molecule has 3 N–H and O–H groups in total. The Morgan fingerprint density at radius 1 is 1.20 bits per heavy atom. The van der Waals surface area contributed by atoms with Gasteiger partial charge >= 0.3 is 0 Å². The fourth-order valence-corrected chi connectivity index (χ4v) is 2.23. The number of benzene rings is 1. The zero-order valence-electron chi connectivity index (χ0n) is 11.4. The smallest absolute Gasteiger partial charge is 0.121 e. The third-order valence-corrected chi connectivity index (χ3v) is 3.13. The Kier molecular flexibility index (Phi) is 3.35. The largest absolute Gasteiger partial charge is 0.399 e. The molecule has 0 bridgehead atoms. The lowest BCUT2D eigenvalue weighted by atomic mass is 10.3. The summed E-state index contributed by atoms with van der Waals surface area (Å²) in [5.41, 5.74) is 9.49. The van der Waals surface area contributed by atoms with Crippen LogP contribution in [0.15, 0.2) is 42.6 Å². The van der Waals surface area contributed by atoms with Gasteiger partial charge in [0.2, 0.25) is 0 Å². The molecule has 0 saturated heterocycles. The van der Waals surface area contributed by atoms with Crippen molar-refractivity contribution >= 4 is 16.7 Å². The molecule has 0 amide bonds. The molecule has 102 valence electrons. The number of aromatic amines is 1. The molecule has 0 radical (unpaired) electrons. The normalized spacial score (nSPS) is 11.3. The molecule has 0 atom stereocenters. The lowest BCUT2D eigenvalue weighted by molar-refractivity contribution is 0.308. The predicted molar refractivity (Wildman–Crippen MR) is 79.9 cm³/mol. The van der Waals surface area contributed by atoms with Crippen LogP contribution in [0.5, 0.6) is 0 Å². The van der Waals surface area contributed by atoms with E-state index >= 15 is 0 Å². The van der Waals surface area contributed by atoms with Gasteiger partial charge in [0.15, 0.2) is 0 Å². The number of aromatic nitrogens is 3. The monoisotopic (exact) mass is 267 g/mol. The third kappa shape index (κ3) is 2.78. The summed E-state index contributed by atoms with van der Waals surface area (Å²) < 4.78 is 0. The van der Waals surface area contributed by atoms with Crippen molar-refractivity contribution < 1.29 is 0 Å². The molecule has 0 fully saturated rings. The van der Waals surface area contributed by atoms with Gasteiger partial charge in [-0.25, -0.2) is 4.98 Å². The van der Waals surface area contributed by atoms with Crippen molar-refractivity contribution in [3.63, 3.8) is 0 Å². The molecule has 0 aliphatic heterocycles. The summed E-state index contributed by atoms with van der Waals surface area (Å²) in [4.78, 5) is 14.4.